The van der Waals surface area contributed by atoms with Crippen LogP contribution in [0, 0.1) is 0 Å². The number of anilines is 2. The lowest BCUT2D eigenvalue weighted by Gasteiger charge is -2.06. The summed E-state index contributed by atoms with van der Waals surface area (Å²) in [5, 5.41) is 4.49. The van der Waals surface area contributed by atoms with Gasteiger partial charge in [-0.1, -0.05) is 6.92 Å². The van der Waals surface area contributed by atoms with E-state index >= 15 is 0 Å². The van der Waals surface area contributed by atoms with E-state index < -0.39 is 0 Å². The summed E-state index contributed by atoms with van der Waals surface area (Å²) in [4.78, 5) is 24.1. The van der Waals surface area contributed by atoms with Crippen LogP contribution in [0.4, 0.5) is 11.4 Å². The number of hydrogen-bond donors (Lipinski definition) is 2. The van der Waals surface area contributed by atoms with Crippen LogP contribution in [0.15, 0.2) is 35.7 Å². The first-order valence-electron chi connectivity index (χ1n) is 6.53. The number of carbonyl (C=O) groups is 2. The van der Waals surface area contributed by atoms with Crippen LogP contribution in [0.3, 0.4) is 0 Å². The van der Waals surface area contributed by atoms with Crippen LogP contribution < -0.4 is 11.1 Å². The lowest BCUT2D eigenvalue weighted by Crippen LogP contribution is -2.12. The molecule has 3 N–H and O–H groups in total. The first-order valence-corrected chi connectivity index (χ1v) is 7.41. The highest BCUT2D eigenvalue weighted by Crippen LogP contribution is 2.20. The number of ether oxygens (including phenoxy) is 1. The maximum absolute atomic E-state index is 12.0. The molecule has 0 bridgehead atoms. The third-order valence-corrected chi connectivity index (χ3v) is 3.65. The molecule has 1 aromatic carbocycles. The van der Waals surface area contributed by atoms with E-state index in [1.54, 1.807) is 35.7 Å². The minimum Gasteiger partial charge on any atom is -0.462 e. The predicted molar refractivity (Wildman–Crippen MR) is 83.7 cm³/mol. The number of hydrogen-bond acceptors (Lipinski definition) is 5. The molecule has 0 saturated carbocycles. The number of nitrogens with two attached hydrogens (primary N) is 1. The highest BCUT2D eigenvalue weighted by molar-refractivity contribution is 7.12. The SMILES string of the molecule is CCCOC(=O)c1ccc(NC(=O)c2sccc2N)cc1. The van der Waals surface area contributed by atoms with Gasteiger partial charge in [-0.2, -0.15) is 0 Å². The van der Waals surface area contributed by atoms with Gasteiger partial charge in [-0.25, -0.2) is 4.79 Å². The number of rotatable bonds is 5. The molecular weight excluding hydrogens is 288 g/mol. The minimum atomic E-state index is -0.364. The summed E-state index contributed by atoms with van der Waals surface area (Å²) < 4.78 is 5.03. The molecular formula is C15H16N2O3S. The average molecular weight is 304 g/mol. The van der Waals surface area contributed by atoms with Gasteiger partial charge in [0.15, 0.2) is 0 Å². The van der Waals surface area contributed by atoms with Crippen LogP contribution in [0.1, 0.15) is 33.4 Å². The first kappa shape index (κ1) is 15.1. The van der Waals surface area contributed by atoms with Crippen molar-refractivity contribution in [2.75, 3.05) is 17.7 Å². The summed E-state index contributed by atoms with van der Waals surface area (Å²) in [5.41, 5.74) is 7.20. The van der Waals surface area contributed by atoms with Crippen molar-refractivity contribution in [1.82, 2.24) is 0 Å². The molecule has 21 heavy (non-hydrogen) atoms. The first-order chi connectivity index (χ1) is 10.1. The van der Waals surface area contributed by atoms with Gasteiger partial charge in [0, 0.05) is 5.69 Å². The largest absolute Gasteiger partial charge is 0.462 e. The van der Waals surface area contributed by atoms with E-state index in [9.17, 15) is 9.59 Å². The van der Waals surface area contributed by atoms with Gasteiger partial charge in [-0.3, -0.25) is 4.79 Å². The molecule has 0 aliphatic heterocycles. The Morgan fingerprint density at radius 2 is 1.95 bits per heavy atom. The van der Waals surface area contributed by atoms with Crippen molar-refractivity contribution >= 4 is 34.6 Å². The van der Waals surface area contributed by atoms with E-state index in [1.165, 1.54) is 11.3 Å². The fraction of sp³-hybridized carbons (Fsp3) is 0.200. The molecule has 0 aliphatic rings. The highest BCUT2D eigenvalue weighted by Gasteiger charge is 2.12. The van der Waals surface area contributed by atoms with Crippen LogP contribution in [0.2, 0.25) is 0 Å². The second kappa shape index (κ2) is 6.90. The summed E-state index contributed by atoms with van der Waals surface area (Å²) in [6, 6.07) is 8.23. The molecule has 0 radical (unpaired) electrons. The zero-order chi connectivity index (χ0) is 15.2. The molecule has 0 atom stereocenters. The van der Waals surface area contributed by atoms with Gasteiger partial charge in [0.25, 0.3) is 5.91 Å². The molecule has 0 unspecified atom stereocenters. The van der Waals surface area contributed by atoms with Crippen LogP contribution >= 0.6 is 11.3 Å². The fourth-order valence-electron chi connectivity index (χ4n) is 1.66. The van der Waals surface area contributed by atoms with E-state index in [0.29, 0.717) is 28.4 Å². The van der Waals surface area contributed by atoms with E-state index in [2.05, 4.69) is 5.32 Å². The number of benzene rings is 1. The Bertz CT molecular complexity index is 635. The third-order valence-electron chi connectivity index (χ3n) is 2.72. The molecule has 2 aromatic rings. The Morgan fingerprint density at radius 1 is 1.24 bits per heavy atom. The monoisotopic (exact) mass is 304 g/mol. The van der Waals surface area contributed by atoms with E-state index in [1.807, 2.05) is 6.92 Å². The summed E-state index contributed by atoms with van der Waals surface area (Å²) >= 11 is 1.28. The summed E-state index contributed by atoms with van der Waals surface area (Å²) in [6.07, 6.45) is 0.780. The number of nitrogen functional groups attached to an aromatic ring is 1. The van der Waals surface area contributed by atoms with Crippen LogP contribution in [-0.4, -0.2) is 18.5 Å². The smallest absolute Gasteiger partial charge is 0.338 e. The van der Waals surface area contributed by atoms with Crippen molar-refractivity contribution in [3.8, 4) is 0 Å². The van der Waals surface area contributed by atoms with E-state index in [-0.39, 0.29) is 11.9 Å². The average Bonchev–Trinajstić information content (AvgIpc) is 2.91. The molecule has 0 spiro atoms. The number of esters is 1. The lowest BCUT2D eigenvalue weighted by atomic mass is 10.2. The number of amides is 1. The molecule has 6 heteroatoms. The van der Waals surface area contributed by atoms with Crippen molar-refractivity contribution in [3.05, 3.63) is 46.2 Å². The zero-order valence-electron chi connectivity index (χ0n) is 11.6. The Labute approximate surface area is 126 Å². The molecule has 0 aliphatic carbocycles. The molecule has 2 rings (SSSR count). The van der Waals surface area contributed by atoms with Gasteiger partial charge in [0.1, 0.15) is 4.88 Å². The van der Waals surface area contributed by atoms with Crippen LogP contribution in [0.25, 0.3) is 0 Å². The molecule has 0 fully saturated rings. The predicted octanol–water partition coefficient (Wildman–Crippen LogP) is 3.15. The van der Waals surface area contributed by atoms with Crippen molar-refractivity contribution in [3.63, 3.8) is 0 Å². The quantitative estimate of drug-likeness (QED) is 0.831. The Kier molecular flexibility index (Phi) is 4.94. The second-order valence-electron chi connectivity index (χ2n) is 4.37. The second-order valence-corrected chi connectivity index (χ2v) is 5.29. The Balaban J connectivity index is 2.01. The van der Waals surface area contributed by atoms with Crippen molar-refractivity contribution in [1.29, 1.82) is 0 Å². The lowest BCUT2D eigenvalue weighted by molar-refractivity contribution is 0.0505. The molecule has 1 amide bonds. The van der Waals surface area contributed by atoms with Gasteiger partial charge in [0.2, 0.25) is 0 Å². The van der Waals surface area contributed by atoms with Gasteiger partial charge in [-0.05, 0) is 42.1 Å². The van der Waals surface area contributed by atoms with Gasteiger partial charge in [0.05, 0.1) is 17.9 Å². The number of nitrogens with one attached hydrogen (secondary N) is 1. The maximum atomic E-state index is 12.0. The molecule has 110 valence electrons. The maximum Gasteiger partial charge on any atom is 0.338 e. The molecule has 0 saturated heterocycles. The summed E-state index contributed by atoms with van der Waals surface area (Å²) in [7, 11) is 0. The van der Waals surface area contributed by atoms with E-state index in [0.717, 1.165) is 6.42 Å². The highest BCUT2D eigenvalue weighted by atomic mass is 32.1. The van der Waals surface area contributed by atoms with Crippen molar-refractivity contribution in [2.45, 2.75) is 13.3 Å². The van der Waals surface area contributed by atoms with E-state index in [4.69, 9.17) is 10.5 Å². The van der Waals surface area contributed by atoms with Crippen molar-refractivity contribution < 1.29 is 14.3 Å². The Morgan fingerprint density at radius 3 is 2.52 bits per heavy atom. The normalized spacial score (nSPS) is 10.1. The van der Waals surface area contributed by atoms with Crippen molar-refractivity contribution in [2.24, 2.45) is 0 Å². The summed E-state index contributed by atoms with van der Waals surface area (Å²) in [5.74, 6) is -0.624. The number of carbonyl (C=O) groups excluding carboxylic acids is 2. The topological polar surface area (TPSA) is 81.4 Å². The number of thiophene rings is 1. The van der Waals surface area contributed by atoms with Gasteiger partial charge in [-0.15, -0.1) is 11.3 Å². The van der Waals surface area contributed by atoms with Gasteiger partial charge < -0.3 is 15.8 Å². The third kappa shape index (κ3) is 3.82. The van der Waals surface area contributed by atoms with Crippen LogP contribution in [0.5, 0.6) is 0 Å². The molecule has 1 heterocycles. The molecule has 5 nitrogen and oxygen atoms in total. The fourth-order valence-corrected chi connectivity index (χ4v) is 2.37. The van der Waals surface area contributed by atoms with Crippen LogP contribution in [-0.2, 0) is 4.74 Å². The molecule has 1 aromatic heterocycles. The zero-order valence-corrected chi connectivity index (χ0v) is 12.4. The van der Waals surface area contributed by atoms with Gasteiger partial charge >= 0.3 is 5.97 Å². The summed E-state index contributed by atoms with van der Waals surface area (Å²) in [6.45, 7) is 2.33. The Hall–Kier alpha value is -2.34. The standard InChI is InChI=1S/C15H16N2O3S/c1-2-8-20-15(19)10-3-5-11(6-4-10)17-14(18)13-12(16)7-9-21-13/h3-7,9H,2,8,16H2,1H3,(H,17,18). The minimum absolute atomic E-state index is 0.260.